The van der Waals surface area contributed by atoms with Crippen molar-refractivity contribution in [1.29, 1.82) is 0 Å². The molecule has 5 heterocycles. The third-order valence-electron chi connectivity index (χ3n) is 6.55. The molecule has 0 saturated carbocycles. The van der Waals surface area contributed by atoms with Crippen molar-refractivity contribution in [2.75, 3.05) is 43.4 Å². The van der Waals surface area contributed by atoms with Crippen molar-refractivity contribution in [3.63, 3.8) is 0 Å². The minimum absolute atomic E-state index is 0.0683. The summed E-state index contributed by atoms with van der Waals surface area (Å²) in [5, 5.41) is 6.35. The van der Waals surface area contributed by atoms with Crippen LogP contribution in [0.5, 0.6) is 0 Å². The first-order chi connectivity index (χ1) is 16.2. The number of likely N-dealkylation sites (N-methyl/N-ethyl adjacent to an activating group) is 1. The Kier molecular flexibility index (Phi) is 4.73. The van der Waals surface area contributed by atoms with E-state index < -0.39 is 0 Å². The van der Waals surface area contributed by atoms with Crippen LogP contribution in [0.25, 0.3) is 16.9 Å². The Balaban J connectivity index is 1.31. The van der Waals surface area contributed by atoms with Crippen LogP contribution in [0.3, 0.4) is 0 Å². The molecule has 1 aromatic carbocycles. The maximum atomic E-state index is 12.8. The Morgan fingerprint density at radius 3 is 2.70 bits per heavy atom. The maximum Gasteiger partial charge on any atom is 0.254 e. The molecule has 2 aliphatic heterocycles. The average molecular weight is 440 g/mol. The van der Waals surface area contributed by atoms with E-state index in [2.05, 4.69) is 55.6 Å². The van der Waals surface area contributed by atoms with Crippen LogP contribution in [0.4, 0.5) is 17.2 Å². The van der Waals surface area contributed by atoms with Gasteiger partial charge in [-0.1, -0.05) is 12.1 Å². The van der Waals surface area contributed by atoms with E-state index >= 15 is 0 Å². The molecule has 6 rings (SSSR count). The van der Waals surface area contributed by atoms with Gasteiger partial charge >= 0.3 is 0 Å². The average Bonchev–Trinajstić information content (AvgIpc) is 3.48. The number of carbonyl (C=O) groups excluding carboxylic acids is 1. The molecule has 1 fully saturated rings. The third-order valence-corrected chi connectivity index (χ3v) is 6.55. The van der Waals surface area contributed by atoms with E-state index in [1.54, 1.807) is 6.20 Å². The van der Waals surface area contributed by atoms with Crippen molar-refractivity contribution in [2.45, 2.75) is 6.54 Å². The van der Waals surface area contributed by atoms with Crippen LogP contribution in [0.15, 0.2) is 61.1 Å². The summed E-state index contributed by atoms with van der Waals surface area (Å²) < 4.78 is 2.05. The van der Waals surface area contributed by atoms with Crippen LogP contribution >= 0.6 is 0 Å². The molecular weight excluding hydrogens is 414 g/mol. The number of anilines is 3. The monoisotopic (exact) mass is 439 g/mol. The Labute approximate surface area is 191 Å². The van der Waals surface area contributed by atoms with Gasteiger partial charge in [-0.2, -0.15) is 0 Å². The van der Waals surface area contributed by atoms with E-state index in [4.69, 9.17) is 0 Å². The van der Waals surface area contributed by atoms with Gasteiger partial charge in [-0.25, -0.2) is 9.97 Å². The largest absolute Gasteiger partial charge is 0.368 e. The quantitative estimate of drug-likeness (QED) is 0.509. The minimum Gasteiger partial charge on any atom is -0.368 e. The number of piperazine rings is 1. The van der Waals surface area contributed by atoms with Gasteiger partial charge < -0.3 is 20.4 Å². The second-order valence-electron chi connectivity index (χ2n) is 8.58. The summed E-state index contributed by atoms with van der Waals surface area (Å²) in [6, 6.07) is 14.1. The van der Waals surface area contributed by atoms with Gasteiger partial charge in [0.05, 0.1) is 28.8 Å². The summed E-state index contributed by atoms with van der Waals surface area (Å²) in [7, 11) is 2.15. The standard InChI is InChI=1S/C25H25N7O/c1-30-11-13-31(14-12-30)17-5-8-22(27-15-17)29-20-7-6-18(19-16-28-25(33)24(19)20)21-3-2-4-23-26-9-10-32(21)23/h2-10,15H,11-14,16H2,1H3,(H,27,29)(H,28,33). The number of pyridine rings is 2. The number of carbonyl (C=O) groups is 1. The van der Waals surface area contributed by atoms with Crippen LogP contribution in [-0.4, -0.2) is 58.4 Å². The molecule has 8 nitrogen and oxygen atoms in total. The first-order valence-electron chi connectivity index (χ1n) is 11.2. The number of nitrogens with zero attached hydrogens (tertiary/aromatic N) is 5. The van der Waals surface area contributed by atoms with Crippen molar-refractivity contribution in [1.82, 2.24) is 24.6 Å². The lowest BCUT2D eigenvalue weighted by Crippen LogP contribution is -2.44. The van der Waals surface area contributed by atoms with Crippen molar-refractivity contribution in [3.8, 4) is 11.3 Å². The number of benzene rings is 1. The van der Waals surface area contributed by atoms with Gasteiger partial charge in [-0.05, 0) is 42.9 Å². The number of hydrogen-bond acceptors (Lipinski definition) is 6. The zero-order valence-corrected chi connectivity index (χ0v) is 18.5. The van der Waals surface area contributed by atoms with Crippen LogP contribution in [0, 0.1) is 0 Å². The number of nitrogens with one attached hydrogen (secondary N) is 2. The lowest BCUT2D eigenvalue weighted by molar-refractivity contribution is 0.0966. The number of amides is 1. The summed E-state index contributed by atoms with van der Waals surface area (Å²) in [5.74, 6) is 0.653. The molecule has 33 heavy (non-hydrogen) atoms. The highest BCUT2D eigenvalue weighted by Crippen LogP contribution is 2.35. The molecule has 2 N–H and O–H groups in total. The fourth-order valence-electron chi connectivity index (χ4n) is 4.71. The van der Waals surface area contributed by atoms with Gasteiger partial charge in [0.1, 0.15) is 11.5 Å². The Hall–Kier alpha value is -3.91. The molecule has 0 bridgehead atoms. The molecule has 2 aliphatic rings. The Morgan fingerprint density at radius 2 is 1.88 bits per heavy atom. The molecule has 3 aromatic heterocycles. The van der Waals surface area contributed by atoms with E-state index in [1.807, 2.05) is 41.1 Å². The lowest BCUT2D eigenvalue weighted by atomic mass is 9.98. The first kappa shape index (κ1) is 19.8. The Bertz CT molecular complexity index is 1340. The minimum atomic E-state index is -0.0683. The molecule has 0 atom stereocenters. The van der Waals surface area contributed by atoms with Crippen LogP contribution in [0.1, 0.15) is 15.9 Å². The van der Waals surface area contributed by atoms with E-state index in [-0.39, 0.29) is 5.91 Å². The second kappa shape index (κ2) is 7.90. The number of imidazole rings is 1. The number of fused-ring (bicyclic) bond motifs is 2. The summed E-state index contributed by atoms with van der Waals surface area (Å²) in [4.78, 5) is 26.5. The van der Waals surface area contributed by atoms with Crippen molar-refractivity contribution in [2.24, 2.45) is 0 Å². The van der Waals surface area contributed by atoms with Crippen LogP contribution < -0.4 is 15.5 Å². The van der Waals surface area contributed by atoms with Crippen molar-refractivity contribution < 1.29 is 4.79 Å². The van der Waals surface area contributed by atoms with Gasteiger partial charge in [-0.3, -0.25) is 9.20 Å². The molecule has 0 unspecified atom stereocenters. The predicted molar refractivity (Wildman–Crippen MR) is 129 cm³/mol. The van der Waals surface area contributed by atoms with Gasteiger partial charge in [0.25, 0.3) is 5.91 Å². The highest BCUT2D eigenvalue weighted by molar-refractivity contribution is 6.06. The Morgan fingerprint density at radius 1 is 1.00 bits per heavy atom. The van der Waals surface area contributed by atoms with E-state index in [0.717, 1.165) is 65.8 Å². The summed E-state index contributed by atoms with van der Waals surface area (Å²) in [5.41, 5.74) is 6.47. The molecule has 0 spiro atoms. The van der Waals surface area contributed by atoms with Gasteiger partial charge in [0.15, 0.2) is 0 Å². The predicted octanol–water partition coefficient (Wildman–Crippen LogP) is 3.14. The topological polar surface area (TPSA) is 77.8 Å². The molecular formula is C25H25N7O. The van der Waals surface area contributed by atoms with Gasteiger partial charge in [0.2, 0.25) is 0 Å². The fraction of sp³-hybridized carbons (Fsp3) is 0.240. The molecule has 1 saturated heterocycles. The van der Waals surface area contributed by atoms with E-state index in [9.17, 15) is 4.79 Å². The molecule has 166 valence electrons. The first-order valence-corrected chi connectivity index (χ1v) is 11.2. The van der Waals surface area contributed by atoms with Gasteiger partial charge in [0, 0.05) is 50.7 Å². The fourth-order valence-corrected chi connectivity index (χ4v) is 4.71. The number of hydrogen-bond donors (Lipinski definition) is 2. The lowest BCUT2D eigenvalue weighted by Gasteiger charge is -2.33. The highest BCUT2D eigenvalue weighted by atomic mass is 16.1. The van der Waals surface area contributed by atoms with E-state index in [0.29, 0.717) is 12.1 Å². The molecule has 0 aliphatic carbocycles. The van der Waals surface area contributed by atoms with Crippen molar-refractivity contribution >= 4 is 28.7 Å². The molecule has 0 radical (unpaired) electrons. The highest BCUT2D eigenvalue weighted by Gasteiger charge is 2.27. The molecule has 4 aromatic rings. The normalized spacial score (nSPS) is 16.2. The van der Waals surface area contributed by atoms with Gasteiger partial charge in [-0.15, -0.1) is 0 Å². The summed E-state index contributed by atoms with van der Waals surface area (Å²) >= 11 is 0. The van der Waals surface area contributed by atoms with E-state index in [1.165, 1.54) is 0 Å². The zero-order valence-electron chi connectivity index (χ0n) is 18.5. The molecule has 1 amide bonds. The number of aromatic nitrogens is 3. The summed E-state index contributed by atoms with van der Waals surface area (Å²) in [6.45, 7) is 4.62. The molecule has 8 heteroatoms. The SMILES string of the molecule is CN1CCN(c2ccc(Nc3ccc(-c4cccc5nccn45)c4c3C(=O)NC4)nc2)CC1. The number of rotatable bonds is 4. The van der Waals surface area contributed by atoms with Crippen molar-refractivity contribution in [3.05, 3.63) is 72.2 Å². The zero-order chi connectivity index (χ0) is 22.4. The second-order valence-corrected chi connectivity index (χ2v) is 8.58. The smallest absolute Gasteiger partial charge is 0.254 e. The maximum absolute atomic E-state index is 12.8. The van der Waals surface area contributed by atoms with Crippen LogP contribution in [0.2, 0.25) is 0 Å². The third kappa shape index (κ3) is 3.48. The van der Waals surface area contributed by atoms with Crippen LogP contribution in [-0.2, 0) is 6.54 Å². The summed E-state index contributed by atoms with van der Waals surface area (Å²) in [6.07, 6.45) is 5.64.